The Morgan fingerprint density at radius 3 is 2.21 bits per heavy atom. The Morgan fingerprint density at radius 2 is 1.67 bits per heavy atom. The van der Waals surface area contributed by atoms with Crippen molar-refractivity contribution in [3.63, 3.8) is 0 Å². The number of carbonyl (C=O) groups is 3. The number of likely N-dealkylation sites (tertiary alicyclic amines) is 1. The molecule has 0 atom stereocenters. The lowest BCUT2D eigenvalue weighted by molar-refractivity contribution is -0.161. The van der Waals surface area contributed by atoms with Crippen LogP contribution in [0.1, 0.15) is 23.6 Å². The summed E-state index contributed by atoms with van der Waals surface area (Å²) in [4.78, 5) is 43.5. The molecule has 0 unspecified atom stereocenters. The van der Waals surface area contributed by atoms with Crippen LogP contribution in [0.15, 0.2) is 48.5 Å². The van der Waals surface area contributed by atoms with Crippen LogP contribution in [0.25, 0.3) is 0 Å². The molecule has 1 N–H and O–H groups in total. The number of amides is 4. The minimum absolute atomic E-state index is 0.0602. The van der Waals surface area contributed by atoms with Crippen LogP contribution in [0.2, 0.25) is 0 Å². The summed E-state index contributed by atoms with van der Waals surface area (Å²) in [6, 6.07) is 12.7. The molecule has 0 aliphatic carbocycles. The van der Waals surface area contributed by atoms with Gasteiger partial charge in [-0.25, -0.2) is 13.6 Å². The van der Waals surface area contributed by atoms with Crippen LogP contribution >= 0.6 is 0 Å². The number of halogens is 2. The zero-order chi connectivity index (χ0) is 24.0. The summed E-state index contributed by atoms with van der Waals surface area (Å²) in [7, 11) is 1.50. The van der Waals surface area contributed by atoms with E-state index in [1.807, 2.05) is 19.1 Å². The highest BCUT2D eigenvalue weighted by atomic mass is 19.3. The Labute approximate surface area is 191 Å². The lowest BCUT2D eigenvalue weighted by atomic mass is 9.83. The predicted octanol–water partition coefficient (Wildman–Crippen LogP) is 2.88. The molecule has 2 aliphatic heterocycles. The first-order valence-electron chi connectivity index (χ1n) is 10.7. The summed E-state index contributed by atoms with van der Waals surface area (Å²) in [5.41, 5.74) is 0.945. The van der Waals surface area contributed by atoms with Crippen molar-refractivity contribution in [2.45, 2.75) is 31.9 Å². The maximum absolute atomic E-state index is 13.7. The third-order valence-electron chi connectivity index (χ3n) is 6.31. The van der Waals surface area contributed by atoms with Crippen LogP contribution in [0.5, 0.6) is 0 Å². The summed E-state index contributed by atoms with van der Waals surface area (Å²) in [6.45, 7) is 2.84. The summed E-state index contributed by atoms with van der Waals surface area (Å²) < 4.78 is 27.1. The van der Waals surface area contributed by atoms with Gasteiger partial charge in [0, 0.05) is 31.8 Å². The highest BCUT2D eigenvalue weighted by molar-refractivity contribution is 6.10. The third-order valence-corrected chi connectivity index (χ3v) is 6.31. The maximum Gasteiger partial charge on any atom is 0.317 e. The van der Waals surface area contributed by atoms with E-state index in [0.29, 0.717) is 11.3 Å². The van der Waals surface area contributed by atoms with Gasteiger partial charge in [0.05, 0.1) is 13.1 Å². The normalized spacial score (nSPS) is 17.9. The fourth-order valence-corrected chi connectivity index (χ4v) is 4.35. The van der Waals surface area contributed by atoms with E-state index in [4.69, 9.17) is 0 Å². The molecule has 0 bridgehead atoms. The number of carbonyl (C=O) groups excluding carboxylic acids is 3. The Balaban J connectivity index is 1.64. The molecule has 2 aromatic rings. The Hall–Kier alpha value is -3.49. The number of benzene rings is 2. The molecule has 0 aromatic heterocycles. The zero-order valence-corrected chi connectivity index (χ0v) is 18.8. The number of hydrogen-bond donors (Lipinski definition) is 1. The van der Waals surface area contributed by atoms with E-state index in [1.54, 1.807) is 24.3 Å². The van der Waals surface area contributed by atoms with E-state index in [-0.39, 0.29) is 49.6 Å². The van der Waals surface area contributed by atoms with Gasteiger partial charge in [-0.2, -0.15) is 0 Å². The highest BCUT2D eigenvalue weighted by Gasteiger charge is 2.60. The molecule has 2 aliphatic rings. The second-order valence-electron chi connectivity index (χ2n) is 8.73. The quantitative estimate of drug-likeness (QED) is 0.769. The standard InChI is InChI=1S/C24H26F2N4O3/c1-16-4-10-19(11-5-16)29-13-20(31)30(12-17-6-8-18(9-7-17)23(2,25)26)24(21(29)32)14-28(15-24)22(33)27-3/h4-11H,12-15H2,1-3H3,(H,27,33). The SMILES string of the molecule is CNC(=O)N1CC2(C1)C(=O)N(c1ccc(C)cc1)CC(=O)N2Cc1ccc(C(C)(F)F)cc1. The molecule has 2 heterocycles. The van der Waals surface area contributed by atoms with Crippen molar-refractivity contribution >= 4 is 23.5 Å². The van der Waals surface area contributed by atoms with Crippen molar-refractivity contribution in [1.82, 2.24) is 15.1 Å². The van der Waals surface area contributed by atoms with E-state index in [9.17, 15) is 23.2 Å². The summed E-state index contributed by atoms with van der Waals surface area (Å²) in [5, 5.41) is 2.54. The number of anilines is 1. The fraction of sp³-hybridized carbons (Fsp3) is 0.375. The van der Waals surface area contributed by atoms with Crippen molar-refractivity contribution in [3.8, 4) is 0 Å². The second kappa shape index (κ2) is 8.13. The van der Waals surface area contributed by atoms with Crippen molar-refractivity contribution in [3.05, 3.63) is 65.2 Å². The van der Waals surface area contributed by atoms with Gasteiger partial charge < -0.3 is 20.0 Å². The lowest BCUT2D eigenvalue weighted by Gasteiger charge is -2.57. The number of urea groups is 1. The minimum atomic E-state index is -2.97. The van der Waals surface area contributed by atoms with Crippen LogP contribution in [0.4, 0.5) is 19.3 Å². The summed E-state index contributed by atoms with van der Waals surface area (Å²) >= 11 is 0. The van der Waals surface area contributed by atoms with E-state index < -0.39 is 11.5 Å². The molecule has 2 aromatic carbocycles. The molecule has 4 amide bonds. The van der Waals surface area contributed by atoms with E-state index in [0.717, 1.165) is 12.5 Å². The molecule has 7 nitrogen and oxygen atoms in total. The summed E-state index contributed by atoms with van der Waals surface area (Å²) in [5.74, 6) is -3.49. The van der Waals surface area contributed by atoms with E-state index in [1.165, 1.54) is 33.9 Å². The topological polar surface area (TPSA) is 73.0 Å². The predicted molar refractivity (Wildman–Crippen MR) is 119 cm³/mol. The molecule has 4 rings (SSSR count). The number of piperazine rings is 1. The smallest absolute Gasteiger partial charge is 0.317 e. The van der Waals surface area contributed by atoms with Crippen LogP contribution in [0.3, 0.4) is 0 Å². The first-order valence-corrected chi connectivity index (χ1v) is 10.7. The van der Waals surface area contributed by atoms with Gasteiger partial charge >= 0.3 is 6.03 Å². The van der Waals surface area contributed by atoms with Gasteiger partial charge in [-0.05, 0) is 24.6 Å². The molecule has 9 heteroatoms. The van der Waals surface area contributed by atoms with Crippen LogP contribution in [-0.4, -0.2) is 59.9 Å². The number of nitrogens with one attached hydrogen (secondary N) is 1. The molecule has 2 saturated heterocycles. The van der Waals surface area contributed by atoms with Gasteiger partial charge in [0.1, 0.15) is 6.54 Å². The van der Waals surface area contributed by atoms with Crippen molar-refractivity contribution < 1.29 is 23.2 Å². The Kier molecular flexibility index (Phi) is 5.59. The molecular formula is C24H26F2N4O3. The van der Waals surface area contributed by atoms with Gasteiger partial charge in [0.25, 0.3) is 11.8 Å². The van der Waals surface area contributed by atoms with Gasteiger partial charge in [0.15, 0.2) is 5.54 Å². The molecule has 1 spiro atoms. The number of alkyl halides is 2. The number of nitrogens with zero attached hydrogens (tertiary/aromatic N) is 3. The monoisotopic (exact) mass is 456 g/mol. The van der Waals surface area contributed by atoms with Crippen LogP contribution in [0, 0.1) is 6.92 Å². The third kappa shape index (κ3) is 4.03. The van der Waals surface area contributed by atoms with Gasteiger partial charge in [-0.1, -0.05) is 42.0 Å². The molecule has 33 heavy (non-hydrogen) atoms. The van der Waals surface area contributed by atoms with E-state index >= 15 is 0 Å². The van der Waals surface area contributed by atoms with Crippen LogP contribution < -0.4 is 10.2 Å². The lowest BCUT2D eigenvalue weighted by Crippen LogP contribution is -2.81. The number of hydrogen-bond acceptors (Lipinski definition) is 3. The van der Waals surface area contributed by atoms with Crippen LogP contribution in [-0.2, 0) is 22.1 Å². The first-order chi connectivity index (χ1) is 15.5. The molecule has 2 fully saturated rings. The number of rotatable bonds is 4. The fourth-order valence-electron chi connectivity index (χ4n) is 4.35. The second-order valence-corrected chi connectivity index (χ2v) is 8.73. The average molecular weight is 456 g/mol. The average Bonchev–Trinajstić information content (AvgIpc) is 2.75. The molecule has 174 valence electrons. The van der Waals surface area contributed by atoms with Crippen molar-refractivity contribution in [2.24, 2.45) is 0 Å². The zero-order valence-electron chi connectivity index (χ0n) is 18.8. The van der Waals surface area contributed by atoms with E-state index in [2.05, 4.69) is 5.32 Å². The highest BCUT2D eigenvalue weighted by Crippen LogP contribution is 2.37. The van der Waals surface area contributed by atoms with Gasteiger partial charge in [0.2, 0.25) is 5.91 Å². The Morgan fingerprint density at radius 1 is 1.06 bits per heavy atom. The van der Waals surface area contributed by atoms with Crippen molar-refractivity contribution in [1.29, 1.82) is 0 Å². The van der Waals surface area contributed by atoms with Gasteiger partial charge in [-0.15, -0.1) is 0 Å². The number of aryl methyl sites for hydroxylation is 1. The van der Waals surface area contributed by atoms with Crippen molar-refractivity contribution in [2.75, 3.05) is 31.6 Å². The molecule has 0 saturated carbocycles. The van der Waals surface area contributed by atoms with Gasteiger partial charge in [-0.3, -0.25) is 9.59 Å². The Bertz CT molecular complexity index is 1070. The maximum atomic E-state index is 13.7. The largest absolute Gasteiger partial charge is 0.341 e. The molecule has 0 radical (unpaired) electrons. The summed E-state index contributed by atoms with van der Waals surface area (Å²) in [6.07, 6.45) is 0. The minimum Gasteiger partial charge on any atom is -0.341 e. The first kappa shape index (κ1) is 22.7. The molecular weight excluding hydrogens is 430 g/mol.